The molecule has 1 saturated carbocycles. The van der Waals surface area contributed by atoms with E-state index in [1.54, 1.807) is 0 Å². The third kappa shape index (κ3) is 3.42. The van der Waals surface area contributed by atoms with Gasteiger partial charge < -0.3 is 0 Å². The summed E-state index contributed by atoms with van der Waals surface area (Å²) in [6, 6.07) is 8.14. The molecule has 0 radical (unpaired) electrons. The number of hydrogen-bond acceptors (Lipinski definition) is 1. The summed E-state index contributed by atoms with van der Waals surface area (Å²) in [5, 5.41) is 0. The Balaban J connectivity index is 1.98. The lowest BCUT2D eigenvalue weighted by atomic mass is 9.86. The van der Waals surface area contributed by atoms with Crippen molar-refractivity contribution in [3.63, 3.8) is 0 Å². The van der Waals surface area contributed by atoms with Crippen LogP contribution in [0.5, 0.6) is 0 Å². The lowest BCUT2D eigenvalue weighted by molar-refractivity contribution is 0.0978. The molecule has 0 N–H and O–H groups in total. The molecule has 1 fully saturated rings. The molecule has 1 nitrogen and oxygen atoms in total. The van der Waals surface area contributed by atoms with E-state index >= 15 is 0 Å². The summed E-state index contributed by atoms with van der Waals surface area (Å²) >= 11 is 0. The molecule has 0 atom stereocenters. The second-order valence-corrected chi connectivity index (χ2v) is 6.23. The Morgan fingerprint density at radius 2 is 1.76 bits per heavy atom. The number of carbonyl (C=O) groups is 1. The fourth-order valence-corrected chi connectivity index (χ4v) is 2.04. The van der Waals surface area contributed by atoms with Crippen molar-refractivity contribution in [2.75, 3.05) is 0 Å². The Morgan fingerprint density at radius 1 is 1.18 bits per heavy atom. The SMILES string of the molecule is CC(C)(C)c1ccc(C(=O)CCC2CC2)cc1. The third-order valence-electron chi connectivity index (χ3n) is 3.55. The van der Waals surface area contributed by atoms with Crippen LogP contribution in [0, 0.1) is 5.92 Å². The normalized spacial score (nSPS) is 15.9. The van der Waals surface area contributed by atoms with Crippen LogP contribution in [0.4, 0.5) is 0 Å². The molecule has 1 aromatic rings. The zero-order valence-electron chi connectivity index (χ0n) is 11.1. The van der Waals surface area contributed by atoms with Crippen LogP contribution in [0.1, 0.15) is 62.4 Å². The molecule has 0 spiro atoms. The summed E-state index contributed by atoms with van der Waals surface area (Å²) in [5.41, 5.74) is 2.32. The highest BCUT2D eigenvalue weighted by atomic mass is 16.1. The van der Waals surface area contributed by atoms with E-state index in [4.69, 9.17) is 0 Å². The molecule has 0 unspecified atom stereocenters. The van der Waals surface area contributed by atoms with Gasteiger partial charge in [-0.25, -0.2) is 0 Å². The number of rotatable bonds is 4. The minimum atomic E-state index is 0.162. The van der Waals surface area contributed by atoms with Gasteiger partial charge in [-0.15, -0.1) is 0 Å². The van der Waals surface area contributed by atoms with Gasteiger partial charge in [0, 0.05) is 12.0 Å². The first-order valence-electron chi connectivity index (χ1n) is 6.60. The van der Waals surface area contributed by atoms with Crippen LogP contribution < -0.4 is 0 Å². The molecule has 0 aliphatic heterocycles. The smallest absolute Gasteiger partial charge is 0.162 e. The number of ketones is 1. The van der Waals surface area contributed by atoms with Crippen molar-refractivity contribution in [2.24, 2.45) is 5.92 Å². The first-order chi connectivity index (χ1) is 7.97. The Morgan fingerprint density at radius 3 is 2.24 bits per heavy atom. The van der Waals surface area contributed by atoms with Gasteiger partial charge in [0.15, 0.2) is 5.78 Å². The maximum absolute atomic E-state index is 11.9. The van der Waals surface area contributed by atoms with Crippen molar-refractivity contribution in [3.8, 4) is 0 Å². The van der Waals surface area contributed by atoms with Crippen molar-refractivity contribution in [2.45, 2.75) is 51.9 Å². The fourth-order valence-electron chi connectivity index (χ4n) is 2.04. The molecule has 1 heteroatoms. The van der Waals surface area contributed by atoms with Gasteiger partial charge in [-0.1, -0.05) is 57.9 Å². The van der Waals surface area contributed by atoms with Crippen molar-refractivity contribution in [3.05, 3.63) is 35.4 Å². The van der Waals surface area contributed by atoms with Crippen molar-refractivity contribution in [1.82, 2.24) is 0 Å². The monoisotopic (exact) mass is 230 g/mol. The molecule has 0 aromatic heterocycles. The Bertz CT molecular complexity index is 391. The quantitative estimate of drug-likeness (QED) is 0.702. The van der Waals surface area contributed by atoms with Gasteiger partial charge in [0.2, 0.25) is 0 Å². The topological polar surface area (TPSA) is 17.1 Å². The molecule has 1 aliphatic carbocycles. The van der Waals surface area contributed by atoms with E-state index in [1.807, 2.05) is 12.1 Å². The van der Waals surface area contributed by atoms with Crippen LogP contribution in [-0.2, 0) is 5.41 Å². The van der Waals surface area contributed by atoms with E-state index in [9.17, 15) is 4.79 Å². The second kappa shape index (κ2) is 4.64. The number of Topliss-reactive ketones (excluding diaryl/α,β-unsaturated/α-hetero) is 1. The highest BCUT2D eigenvalue weighted by Crippen LogP contribution is 2.34. The minimum Gasteiger partial charge on any atom is -0.294 e. The standard InChI is InChI=1S/C16H22O/c1-16(2,3)14-9-7-13(8-10-14)15(17)11-6-12-4-5-12/h7-10,12H,4-6,11H2,1-3H3. The molecular formula is C16H22O. The van der Waals surface area contributed by atoms with Gasteiger partial charge in [-0.2, -0.15) is 0 Å². The van der Waals surface area contributed by atoms with Crippen molar-refractivity contribution < 1.29 is 4.79 Å². The molecule has 0 heterocycles. The molecule has 92 valence electrons. The van der Waals surface area contributed by atoms with E-state index < -0.39 is 0 Å². The van der Waals surface area contributed by atoms with Crippen LogP contribution in [0.15, 0.2) is 24.3 Å². The molecule has 0 amide bonds. The zero-order chi connectivity index (χ0) is 12.5. The lowest BCUT2D eigenvalue weighted by Gasteiger charge is -2.18. The maximum atomic E-state index is 11.9. The number of benzene rings is 1. The van der Waals surface area contributed by atoms with E-state index in [-0.39, 0.29) is 5.41 Å². The van der Waals surface area contributed by atoms with Gasteiger partial charge in [-0.3, -0.25) is 4.79 Å². The Labute approximate surface area is 104 Å². The predicted octanol–water partition coefficient (Wildman–Crippen LogP) is 4.36. The first kappa shape index (κ1) is 12.3. The number of carbonyl (C=O) groups excluding carboxylic acids is 1. The molecule has 1 aromatic carbocycles. The van der Waals surface area contributed by atoms with E-state index in [0.29, 0.717) is 5.78 Å². The highest BCUT2D eigenvalue weighted by molar-refractivity contribution is 5.96. The summed E-state index contributed by atoms with van der Waals surface area (Å²) in [6.45, 7) is 6.57. The largest absolute Gasteiger partial charge is 0.294 e. The highest BCUT2D eigenvalue weighted by Gasteiger charge is 2.22. The van der Waals surface area contributed by atoms with Gasteiger partial charge in [0.05, 0.1) is 0 Å². The zero-order valence-corrected chi connectivity index (χ0v) is 11.1. The minimum absolute atomic E-state index is 0.162. The summed E-state index contributed by atoms with van der Waals surface area (Å²) in [6.07, 6.45) is 4.46. The molecule has 0 bridgehead atoms. The molecule has 2 rings (SSSR count). The summed E-state index contributed by atoms with van der Waals surface area (Å²) in [4.78, 5) is 11.9. The van der Waals surface area contributed by atoms with Gasteiger partial charge >= 0.3 is 0 Å². The van der Waals surface area contributed by atoms with Crippen LogP contribution >= 0.6 is 0 Å². The predicted molar refractivity (Wildman–Crippen MR) is 71.4 cm³/mol. The Hall–Kier alpha value is -1.11. The van der Waals surface area contributed by atoms with Crippen LogP contribution in [0.2, 0.25) is 0 Å². The lowest BCUT2D eigenvalue weighted by Crippen LogP contribution is -2.11. The second-order valence-electron chi connectivity index (χ2n) is 6.23. The van der Waals surface area contributed by atoms with Crippen molar-refractivity contribution >= 4 is 5.78 Å². The average Bonchev–Trinajstić information content (AvgIpc) is 3.09. The summed E-state index contributed by atoms with van der Waals surface area (Å²) in [7, 11) is 0. The van der Waals surface area contributed by atoms with Gasteiger partial charge in [-0.05, 0) is 23.3 Å². The van der Waals surface area contributed by atoms with E-state index in [0.717, 1.165) is 24.3 Å². The average molecular weight is 230 g/mol. The summed E-state index contributed by atoms with van der Waals surface area (Å²) < 4.78 is 0. The van der Waals surface area contributed by atoms with Gasteiger partial charge in [0.1, 0.15) is 0 Å². The number of hydrogen-bond donors (Lipinski definition) is 0. The molecular weight excluding hydrogens is 208 g/mol. The van der Waals surface area contributed by atoms with Crippen LogP contribution in [-0.4, -0.2) is 5.78 Å². The van der Waals surface area contributed by atoms with Gasteiger partial charge in [0.25, 0.3) is 0 Å². The molecule has 0 saturated heterocycles. The first-order valence-corrected chi connectivity index (χ1v) is 6.60. The fraction of sp³-hybridized carbons (Fsp3) is 0.562. The van der Waals surface area contributed by atoms with Crippen molar-refractivity contribution in [1.29, 1.82) is 0 Å². The maximum Gasteiger partial charge on any atom is 0.162 e. The Kier molecular flexibility index (Phi) is 3.37. The van der Waals surface area contributed by atoms with Crippen LogP contribution in [0.3, 0.4) is 0 Å². The molecule has 17 heavy (non-hydrogen) atoms. The van der Waals surface area contributed by atoms with E-state index in [1.165, 1.54) is 18.4 Å². The third-order valence-corrected chi connectivity index (χ3v) is 3.55. The summed E-state index contributed by atoms with van der Waals surface area (Å²) in [5.74, 6) is 1.14. The molecule has 1 aliphatic rings. The van der Waals surface area contributed by atoms with E-state index in [2.05, 4.69) is 32.9 Å². The van der Waals surface area contributed by atoms with Crippen LogP contribution in [0.25, 0.3) is 0 Å².